The number of piperazine rings is 1. The fraction of sp³-hybridized carbons (Fsp3) is 0.462. The van der Waals surface area contributed by atoms with Gasteiger partial charge in [-0.05, 0) is 32.2 Å². The molecule has 0 aromatic heterocycles. The van der Waals surface area contributed by atoms with Gasteiger partial charge in [0.1, 0.15) is 0 Å². The Balaban J connectivity index is 2.30. The van der Waals surface area contributed by atoms with Gasteiger partial charge >= 0.3 is 5.97 Å². The lowest BCUT2D eigenvalue weighted by Crippen LogP contribution is -2.50. The zero-order chi connectivity index (χ0) is 13.3. The van der Waals surface area contributed by atoms with Crippen molar-refractivity contribution in [2.75, 3.05) is 31.6 Å². The highest BCUT2D eigenvalue weighted by molar-refractivity contribution is 9.10. The first-order chi connectivity index (χ1) is 8.49. The Bertz CT molecular complexity index is 464. The average Bonchev–Trinajstić information content (AvgIpc) is 2.32. The maximum atomic E-state index is 11.3. The van der Waals surface area contributed by atoms with E-state index in [1.165, 1.54) is 0 Å². The summed E-state index contributed by atoms with van der Waals surface area (Å²) in [7, 11) is 2.10. The van der Waals surface area contributed by atoms with Crippen LogP contribution in [-0.2, 0) is 0 Å². The second-order valence-electron chi connectivity index (χ2n) is 4.74. The normalized spacial score (nSPS) is 21.1. The Hall–Kier alpha value is -1.07. The van der Waals surface area contributed by atoms with Crippen molar-refractivity contribution in [3.8, 4) is 0 Å². The third-order valence-electron chi connectivity index (χ3n) is 3.49. The highest BCUT2D eigenvalue weighted by Crippen LogP contribution is 2.26. The third kappa shape index (κ3) is 2.67. The van der Waals surface area contributed by atoms with Crippen LogP contribution in [0, 0.1) is 0 Å². The molecule has 0 bridgehead atoms. The smallest absolute Gasteiger partial charge is 0.337 e. The molecular formula is C13H17BrN2O2. The van der Waals surface area contributed by atoms with Gasteiger partial charge in [0, 0.05) is 30.1 Å². The van der Waals surface area contributed by atoms with Gasteiger partial charge in [0.05, 0.1) is 11.3 Å². The third-order valence-corrected chi connectivity index (χ3v) is 3.98. The van der Waals surface area contributed by atoms with E-state index in [2.05, 4.69) is 39.7 Å². The Labute approximate surface area is 115 Å². The zero-order valence-electron chi connectivity index (χ0n) is 10.6. The van der Waals surface area contributed by atoms with E-state index < -0.39 is 5.97 Å². The molecule has 1 aromatic carbocycles. The van der Waals surface area contributed by atoms with Crippen LogP contribution >= 0.6 is 15.9 Å². The van der Waals surface area contributed by atoms with Crippen LogP contribution in [0.4, 0.5) is 5.69 Å². The van der Waals surface area contributed by atoms with Crippen molar-refractivity contribution in [2.45, 2.75) is 13.0 Å². The first kappa shape index (κ1) is 13.4. The Morgan fingerprint density at radius 1 is 1.44 bits per heavy atom. The number of likely N-dealkylation sites (N-methyl/N-ethyl adjacent to an activating group) is 1. The van der Waals surface area contributed by atoms with Crippen molar-refractivity contribution < 1.29 is 9.90 Å². The number of carbonyl (C=O) groups is 1. The van der Waals surface area contributed by atoms with E-state index in [-0.39, 0.29) is 0 Å². The predicted octanol–water partition coefficient (Wildman–Crippen LogP) is 2.29. The quantitative estimate of drug-likeness (QED) is 0.910. The van der Waals surface area contributed by atoms with E-state index in [9.17, 15) is 9.90 Å². The number of benzene rings is 1. The van der Waals surface area contributed by atoms with E-state index in [1.807, 2.05) is 12.1 Å². The van der Waals surface area contributed by atoms with Gasteiger partial charge in [-0.25, -0.2) is 4.79 Å². The van der Waals surface area contributed by atoms with Gasteiger partial charge in [-0.3, -0.25) is 0 Å². The molecule has 1 aliphatic heterocycles. The number of anilines is 1. The summed E-state index contributed by atoms with van der Waals surface area (Å²) in [6, 6.07) is 5.88. The van der Waals surface area contributed by atoms with Crippen molar-refractivity contribution in [3.63, 3.8) is 0 Å². The number of rotatable bonds is 2. The molecule has 1 aliphatic rings. The van der Waals surface area contributed by atoms with Crippen molar-refractivity contribution in [2.24, 2.45) is 0 Å². The molecular weight excluding hydrogens is 296 g/mol. The molecule has 1 heterocycles. The summed E-state index contributed by atoms with van der Waals surface area (Å²) in [5.41, 5.74) is 1.17. The lowest BCUT2D eigenvalue weighted by atomic mass is 10.1. The van der Waals surface area contributed by atoms with Crippen LogP contribution in [0.5, 0.6) is 0 Å². The molecule has 98 valence electrons. The Morgan fingerprint density at radius 3 is 2.78 bits per heavy atom. The highest BCUT2D eigenvalue weighted by Gasteiger charge is 2.24. The minimum absolute atomic E-state index is 0.362. The van der Waals surface area contributed by atoms with Gasteiger partial charge in [0.15, 0.2) is 0 Å². The van der Waals surface area contributed by atoms with E-state index >= 15 is 0 Å². The summed E-state index contributed by atoms with van der Waals surface area (Å²) in [5, 5.41) is 9.28. The molecule has 0 radical (unpaired) electrons. The molecule has 0 amide bonds. The van der Waals surface area contributed by atoms with Gasteiger partial charge in [-0.15, -0.1) is 0 Å². The molecule has 2 rings (SSSR count). The van der Waals surface area contributed by atoms with E-state index in [0.29, 0.717) is 11.6 Å². The molecule has 0 saturated carbocycles. The van der Waals surface area contributed by atoms with Crippen LogP contribution in [0.15, 0.2) is 22.7 Å². The monoisotopic (exact) mass is 312 g/mol. The van der Waals surface area contributed by atoms with E-state index in [4.69, 9.17) is 0 Å². The fourth-order valence-electron chi connectivity index (χ4n) is 2.22. The number of hydrogen-bond acceptors (Lipinski definition) is 3. The second-order valence-corrected chi connectivity index (χ2v) is 5.66. The van der Waals surface area contributed by atoms with E-state index in [1.54, 1.807) is 6.07 Å². The zero-order valence-corrected chi connectivity index (χ0v) is 12.1. The minimum atomic E-state index is -0.877. The lowest BCUT2D eigenvalue weighted by Gasteiger charge is -2.39. The largest absolute Gasteiger partial charge is 0.478 e. The minimum Gasteiger partial charge on any atom is -0.478 e. The maximum absolute atomic E-state index is 11.3. The van der Waals surface area contributed by atoms with Crippen LogP contribution in [0.1, 0.15) is 17.3 Å². The SMILES string of the molecule is CC1CN(c2ccc(Br)cc2C(=O)O)CCN1C. The fourth-order valence-corrected chi connectivity index (χ4v) is 2.58. The summed E-state index contributed by atoms with van der Waals surface area (Å²) in [6.45, 7) is 4.84. The van der Waals surface area contributed by atoms with Crippen LogP contribution in [0.3, 0.4) is 0 Å². The van der Waals surface area contributed by atoms with Crippen molar-refractivity contribution in [3.05, 3.63) is 28.2 Å². The molecule has 1 aromatic rings. The Morgan fingerprint density at radius 2 is 2.17 bits per heavy atom. The molecule has 5 heteroatoms. The summed E-state index contributed by atoms with van der Waals surface area (Å²) < 4.78 is 0.797. The van der Waals surface area contributed by atoms with Crippen LogP contribution in [-0.4, -0.2) is 48.7 Å². The number of carboxylic acids is 1. The molecule has 18 heavy (non-hydrogen) atoms. The summed E-state index contributed by atoms with van der Waals surface area (Å²) in [4.78, 5) is 15.7. The van der Waals surface area contributed by atoms with Gasteiger partial charge in [-0.1, -0.05) is 15.9 Å². The lowest BCUT2D eigenvalue weighted by molar-refractivity contribution is 0.0697. The first-order valence-corrected chi connectivity index (χ1v) is 6.76. The molecule has 1 fully saturated rings. The number of halogens is 1. The van der Waals surface area contributed by atoms with Gasteiger partial charge < -0.3 is 14.9 Å². The number of hydrogen-bond donors (Lipinski definition) is 1. The number of carboxylic acid groups (broad SMARTS) is 1. The molecule has 1 saturated heterocycles. The maximum Gasteiger partial charge on any atom is 0.337 e. The highest BCUT2D eigenvalue weighted by atomic mass is 79.9. The second kappa shape index (κ2) is 5.28. The number of aromatic carboxylic acids is 1. The molecule has 4 nitrogen and oxygen atoms in total. The summed E-state index contributed by atoms with van der Waals surface area (Å²) in [6.07, 6.45) is 0. The summed E-state index contributed by atoms with van der Waals surface area (Å²) >= 11 is 3.32. The van der Waals surface area contributed by atoms with Crippen molar-refractivity contribution >= 4 is 27.6 Å². The average molecular weight is 313 g/mol. The van der Waals surface area contributed by atoms with E-state index in [0.717, 1.165) is 29.8 Å². The van der Waals surface area contributed by atoms with Crippen LogP contribution < -0.4 is 4.90 Å². The first-order valence-electron chi connectivity index (χ1n) is 5.97. The molecule has 1 unspecified atom stereocenters. The topological polar surface area (TPSA) is 43.8 Å². The van der Waals surface area contributed by atoms with Crippen LogP contribution in [0.25, 0.3) is 0 Å². The van der Waals surface area contributed by atoms with Crippen molar-refractivity contribution in [1.82, 2.24) is 4.90 Å². The molecule has 0 spiro atoms. The van der Waals surface area contributed by atoms with Gasteiger partial charge in [-0.2, -0.15) is 0 Å². The van der Waals surface area contributed by atoms with Gasteiger partial charge in [0.2, 0.25) is 0 Å². The molecule has 1 atom stereocenters. The summed E-state index contributed by atoms with van der Waals surface area (Å²) in [5.74, 6) is -0.877. The Kier molecular flexibility index (Phi) is 3.92. The van der Waals surface area contributed by atoms with Crippen LogP contribution in [0.2, 0.25) is 0 Å². The van der Waals surface area contributed by atoms with Gasteiger partial charge in [0.25, 0.3) is 0 Å². The van der Waals surface area contributed by atoms with Crippen molar-refractivity contribution in [1.29, 1.82) is 0 Å². The molecule has 0 aliphatic carbocycles. The predicted molar refractivity (Wildman–Crippen MR) is 75.4 cm³/mol. The number of nitrogens with zero attached hydrogens (tertiary/aromatic N) is 2. The standard InChI is InChI=1S/C13H17BrN2O2/c1-9-8-16(6-5-15(9)2)12-4-3-10(14)7-11(12)13(17)18/h3-4,7,9H,5-6,8H2,1-2H3,(H,17,18). The molecule has 1 N–H and O–H groups in total.